The van der Waals surface area contributed by atoms with Gasteiger partial charge < -0.3 is 81.6 Å². The number of aliphatic hydroxyl groups excluding tert-OH is 4. The van der Waals surface area contributed by atoms with E-state index in [0.717, 1.165) is 33.0 Å². The van der Waals surface area contributed by atoms with Crippen LogP contribution in [-0.2, 0) is 65.5 Å². The van der Waals surface area contributed by atoms with Crippen molar-refractivity contribution in [2.45, 2.75) is 132 Å². The molecule has 0 spiro atoms. The molecule has 0 bridgehead atoms. The van der Waals surface area contributed by atoms with E-state index in [-0.39, 0.29) is 13.0 Å². The van der Waals surface area contributed by atoms with Crippen LogP contribution in [0.5, 0.6) is 0 Å². The van der Waals surface area contributed by atoms with Crippen LogP contribution in [0.25, 0.3) is 0 Å². The Bertz CT molecular complexity index is 2130. The number of aliphatic hydroxyl groups is 4. The van der Waals surface area contributed by atoms with Gasteiger partial charge in [0.2, 0.25) is 23.6 Å². The number of carbonyl (C=O) groups excluding carboxylic acids is 4. The van der Waals surface area contributed by atoms with Gasteiger partial charge in [-0.2, -0.15) is 4.31 Å². The van der Waals surface area contributed by atoms with Crippen LogP contribution in [0, 0.1) is 0 Å². The van der Waals surface area contributed by atoms with Crippen molar-refractivity contribution >= 4 is 51.2 Å². The molecule has 380 valence electrons. The monoisotopic (exact) mass is 1010 g/mol. The number of aromatic nitrogens is 2. The Morgan fingerprint density at radius 1 is 0.881 bits per heavy atom. The fourth-order valence-electron chi connectivity index (χ4n) is 6.45. The van der Waals surface area contributed by atoms with Crippen LogP contribution < -0.4 is 38.2 Å². The number of ether oxygens (including phenoxy) is 3. The van der Waals surface area contributed by atoms with E-state index >= 15 is 0 Å². The average Bonchev–Trinajstić information content (AvgIpc) is 3.50. The smallest absolute Gasteiger partial charge is 0.481 e. The van der Waals surface area contributed by atoms with Gasteiger partial charge in [0.25, 0.3) is 5.56 Å². The van der Waals surface area contributed by atoms with Crippen molar-refractivity contribution in [1.29, 1.82) is 0 Å². The zero-order valence-electron chi connectivity index (χ0n) is 35.8. The number of aromatic amines is 1. The number of nitrogens with two attached hydrogens (primary N) is 1. The number of aliphatic carboxylic acids is 2. The molecule has 2 saturated heterocycles. The van der Waals surface area contributed by atoms with E-state index in [4.69, 9.17) is 24.5 Å². The third-order valence-corrected chi connectivity index (χ3v) is 12.5. The quantitative estimate of drug-likeness (QED) is 0.0304. The van der Waals surface area contributed by atoms with Gasteiger partial charge in [-0.25, -0.2) is 18.7 Å². The number of hydrogen-bond acceptors (Lipinski definition) is 21. The first-order chi connectivity index (χ1) is 31.2. The van der Waals surface area contributed by atoms with Gasteiger partial charge in [0.1, 0.15) is 66.9 Å². The lowest BCUT2D eigenvalue weighted by Crippen LogP contribution is -2.66. The molecule has 0 aliphatic carbocycles. The second kappa shape index (κ2) is 25.2. The summed E-state index contributed by atoms with van der Waals surface area (Å²) in [5, 5.41) is 69.5. The first kappa shape index (κ1) is 56.8. The van der Waals surface area contributed by atoms with Crippen molar-refractivity contribution in [3.05, 3.63) is 33.1 Å². The summed E-state index contributed by atoms with van der Waals surface area (Å²) in [7, 11) is -11.7. The van der Waals surface area contributed by atoms with E-state index < -0.39 is 168 Å². The molecule has 2 fully saturated rings. The fourth-order valence-corrected chi connectivity index (χ4v) is 8.62. The summed E-state index contributed by atoms with van der Waals surface area (Å²) >= 11 is 0. The number of hydrogen-bond donors (Lipinski definition) is 14. The Hall–Kier alpha value is -4.56. The molecule has 31 nitrogen and oxygen atoms in total. The predicted molar refractivity (Wildman–Crippen MR) is 218 cm³/mol. The summed E-state index contributed by atoms with van der Waals surface area (Å²) in [6.07, 6.45) is -16.3. The van der Waals surface area contributed by atoms with E-state index in [1.165, 1.54) is 0 Å². The standard InChI is InChI=1S/C34H55N7O24P2/c1-14(28(50)38-17(7-8-22(45)46)30(52)39-18(32(53)54)6-4-5-10-35)36-29(51)15(2)61-27-23(37-16(3)43)33(63-19(12-42)25(27)48)64-67(58,59)65-66(56,57)60-13-20-24(47)26(49)31(62-20)41-11-9-21(44)40-34(41)55/h9,11,14-15,17-20,23-27,31,33,42,47-49H,4-8,10,12-13,35H2,1-3H3,(H,36,51)(H,37,43)(H,38,50)(H,39,52)(H,45,46)(H,53,54)(H,56,57)(H,58,59)(H,40,44,55)/t14-,15?,17+,18-,19+,20+,23+,24+,25+,26+,27+,31+,33+/m0/s1. The number of carbonyl (C=O) groups is 6. The van der Waals surface area contributed by atoms with Gasteiger partial charge in [-0.15, -0.1) is 0 Å². The highest BCUT2D eigenvalue weighted by atomic mass is 31.3. The fraction of sp³-hybridized carbons (Fsp3) is 0.706. The molecule has 67 heavy (non-hydrogen) atoms. The highest BCUT2D eigenvalue weighted by Gasteiger charge is 2.52. The van der Waals surface area contributed by atoms with Gasteiger partial charge in [-0.05, 0) is 46.1 Å². The number of nitrogens with zero attached hydrogens (tertiary/aromatic N) is 1. The van der Waals surface area contributed by atoms with Crippen LogP contribution in [0.3, 0.4) is 0 Å². The Balaban J connectivity index is 1.71. The van der Waals surface area contributed by atoms with Crippen molar-refractivity contribution in [1.82, 2.24) is 30.8 Å². The maximum atomic E-state index is 13.3. The average molecular weight is 1010 g/mol. The number of phosphoric ester groups is 2. The Morgan fingerprint density at radius 2 is 1.54 bits per heavy atom. The lowest BCUT2D eigenvalue weighted by atomic mass is 9.96. The number of H-pyrrole nitrogens is 1. The maximum Gasteiger partial charge on any atom is 0.483 e. The Labute approximate surface area is 378 Å². The molecule has 3 rings (SSSR count). The van der Waals surface area contributed by atoms with Crippen molar-refractivity contribution in [2.75, 3.05) is 19.8 Å². The third-order valence-electron chi connectivity index (χ3n) is 9.86. The summed E-state index contributed by atoms with van der Waals surface area (Å²) < 4.78 is 56.9. The highest BCUT2D eigenvalue weighted by Crippen LogP contribution is 2.61. The van der Waals surface area contributed by atoms with Crippen LogP contribution in [0.1, 0.15) is 59.1 Å². The van der Waals surface area contributed by atoms with Crippen molar-refractivity contribution in [3.8, 4) is 0 Å². The SMILES string of the molecule is CC(=O)N[C@H]1[C@@H](OP(=O)(O)OP(=O)(O)OC[C@H]2O[C@@H](n3ccc(=O)[nH]c3=O)[C@H](O)[C@@H]2O)O[C@H](CO)[C@@H](O)[C@@H]1OC(C)C(=O)N[C@@H](C)C(=O)N[C@H](CCC(=O)O)C(=O)N[C@@H](CCCCN)C(=O)O. The molecule has 3 heterocycles. The number of nitrogens with one attached hydrogen (secondary N) is 5. The molecule has 15 N–H and O–H groups in total. The number of amides is 4. The van der Waals surface area contributed by atoms with Crippen molar-refractivity contribution < 1.29 is 106 Å². The maximum absolute atomic E-state index is 13.3. The highest BCUT2D eigenvalue weighted by molar-refractivity contribution is 7.61. The topological polar surface area (TPSA) is 483 Å². The molecule has 0 aromatic carbocycles. The van der Waals surface area contributed by atoms with Crippen LogP contribution in [0.2, 0.25) is 0 Å². The zero-order chi connectivity index (χ0) is 50.6. The van der Waals surface area contributed by atoms with Gasteiger partial charge >= 0.3 is 33.3 Å². The minimum atomic E-state index is -5.92. The van der Waals surface area contributed by atoms with Crippen LogP contribution >= 0.6 is 15.6 Å². The number of carboxylic acid groups (broad SMARTS) is 2. The Kier molecular flexibility index (Phi) is 21.3. The summed E-state index contributed by atoms with van der Waals surface area (Å²) in [4.78, 5) is 121. The van der Waals surface area contributed by atoms with Crippen LogP contribution in [0.4, 0.5) is 0 Å². The van der Waals surface area contributed by atoms with Crippen molar-refractivity contribution in [2.24, 2.45) is 5.73 Å². The van der Waals surface area contributed by atoms with Gasteiger partial charge in [0, 0.05) is 25.6 Å². The van der Waals surface area contributed by atoms with E-state index in [9.17, 15) is 87.9 Å². The Morgan fingerprint density at radius 3 is 2.12 bits per heavy atom. The summed E-state index contributed by atoms with van der Waals surface area (Å²) in [5.74, 6) is -6.91. The zero-order valence-corrected chi connectivity index (χ0v) is 37.6. The summed E-state index contributed by atoms with van der Waals surface area (Å²) in [6, 6.07) is -5.54. The molecule has 15 atom stereocenters. The molecule has 2 aliphatic heterocycles. The van der Waals surface area contributed by atoms with Crippen LogP contribution in [-0.4, -0.2) is 178 Å². The largest absolute Gasteiger partial charge is 0.483 e. The van der Waals surface area contributed by atoms with E-state index in [0.29, 0.717) is 17.4 Å². The van der Waals surface area contributed by atoms with Crippen LogP contribution in [0.15, 0.2) is 21.9 Å². The molecule has 2 aliphatic rings. The molecule has 3 unspecified atom stereocenters. The lowest BCUT2D eigenvalue weighted by Gasteiger charge is -2.44. The molecule has 4 amide bonds. The number of carboxylic acids is 2. The second-order valence-corrected chi connectivity index (χ2v) is 18.1. The minimum absolute atomic E-state index is 0.0302. The van der Waals surface area contributed by atoms with Crippen molar-refractivity contribution in [3.63, 3.8) is 0 Å². The second-order valence-electron chi connectivity index (χ2n) is 15.1. The summed E-state index contributed by atoms with van der Waals surface area (Å²) in [6.45, 7) is 1.15. The molecule has 1 aromatic heterocycles. The molecular weight excluding hydrogens is 952 g/mol. The predicted octanol–water partition coefficient (Wildman–Crippen LogP) is -5.68. The first-order valence-corrected chi connectivity index (χ1v) is 23.2. The van der Waals surface area contributed by atoms with Gasteiger partial charge in [-0.3, -0.25) is 47.4 Å². The van der Waals surface area contributed by atoms with E-state index in [1.807, 2.05) is 4.98 Å². The first-order valence-electron chi connectivity index (χ1n) is 20.2. The molecular formula is C34H55N7O24P2. The van der Waals surface area contributed by atoms with Gasteiger partial charge in [0.15, 0.2) is 12.5 Å². The number of rotatable bonds is 26. The van der Waals surface area contributed by atoms with E-state index in [1.54, 1.807) is 0 Å². The minimum Gasteiger partial charge on any atom is -0.481 e. The number of unbranched alkanes of at least 4 members (excludes halogenated alkanes) is 1. The molecule has 1 aromatic rings. The normalized spacial score (nSPS) is 27.5. The molecule has 0 radical (unpaired) electrons. The lowest BCUT2D eigenvalue weighted by molar-refractivity contribution is -0.261. The third kappa shape index (κ3) is 16.9. The van der Waals surface area contributed by atoms with Gasteiger partial charge in [0.05, 0.1) is 13.2 Å². The number of phosphoric acid groups is 2. The molecule has 33 heteroatoms. The summed E-state index contributed by atoms with van der Waals surface area (Å²) in [5.41, 5.74) is 3.57. The molecule has 0 saturated carbocycles. The van der Waals surface area contributed by atoms with Gasteiger partial charge in [-0.1, -0.05) is 0 Å². The van der Waals surface area contributed by atoms with E-state index in [2.05, 4.69) is 30.1 Å².